The Balaban J connectivity index is 2.82. The first-order valence-corrected chi connectivity index (χ1v) is 5.09. The van der Waals surface area contributed by atoms with Crippen LogP contribution in [0, 0.1) is 6.92 Å². The van der Waals surface area contributed by atoms with Crippen molar-refractivity contribution in [3.05, 3.63) is 35.4 Å². The van der Waals surface area contributed by atoms with Gasteiger partial charge in [-0.3, -0.25) is 0 Å². The number of hydrogen-bond donors (Lipinski definition) is 1. The first kappa shape index (κ1) is 11.2. The summed E-state index contributed by atoms with van der Waals surface area (Å²) in [7, 11) is 0. The summed E-state index contributed by atoms with van der Waals surface area (Å²) in [5.41, 5.74) is 8.29. The molecule has 2 N–H and O–H groups in total. The molecule has 0 saturated carbocycles. The average molecular weight is 193 g/mol. The lowest BCUT2D eigenvalue weighted by atomic mass is 10.0. The molecule has 0 bridgehead atoms. The van der Waals surface area contributed by atoms with Crippen LogP contribution in [0.3, 0.4) is 0 Å². The molecule has 0 heterocycles. The third-order valence-electron chi connectivity index (χ3n) is 2.23. The minimum Gasteiger partial charge on any atom is -0.372 e. The lowest BCUT2D eigenvalue weighted by Crippen LogP contribution is -2.26. The van der Waals surface area contributed by atoms with Crippen molar-refractivity contribution in [3.63, 3.8) is 0 Å². The Morgan fingerprint density at radius 2 is 1.86 bits per heavy atom. The Hall–Kier alpha value is -0.860. The molecule has 1 aromatic rings. The van der Waals surface area contributed by atoms with Gasteiger partial charge in [-0.15, -0.1) is 0 Å². The van der Waals surface area contributed by atoms with E-state index in [0.29, 0.717) is 6.61 Å². The van der Waals surface area contributed by atoms with E-state index in [1.54, 1.807) is 0 Å². The van der Waals surface area contributed by atoms with E-state index in [9.17, 15) is 0 Å². The van der Waals surface area contributed by atoms with Gasteiger partial charge in [0, 0.05) is 12.6 Å². The molecule has 14 heavy (non-hydrogen) atoms. The smallest absolute Gasteiger partial charge is 0.0972 e. The van der Waals surface area contributed by atoms with Crippen LogP contribution in [0.2, 0.25) is 0 Å². The van der Waals surface area contributed by atoms with Gasteiger partial charge >= 0.3 is 0 Å². The van der Waals surface area contributed by atoms with E-state index in [0.717, 1.165) is 5.56 Å². The molecule has 2 heteroatoms. The third-order valence-corrected chi connectivity index (χ3v) is 2.23. The third kappa shape index (κ3) is 2.82. The molecule has 0 amide bonds. The molecule has 1 aromatic carbocycles. The Morgan fingerprint density at radius 1 is 1.29 bits per heavy atom. The second-order valence-corrected chi connectivity index (χ2v) is 3.65. The summed E-state index contributed by atoms with van der Waals surface area (Å²) in [6.45, 7) is 6.73. The van der Waals surface area contributed by atoms with Crippen LogP contribution in [0.1, 0.15) is 31.1 Å². The van der Waals surface area contributed by atoms with E-state index in [1.165, 1.54) is 5.56 Å². The van der Waals surface area contributed by atoms with Crippen molar-refractivity contribution in [1.29, 1.82) is 0 Å². The standard InChI is InChI=1S/C12H19NO/c1-4-14-12(10(3)13)11-7-5-9(2)6-8-11/h5-8,10,12H,4,13H2,1-3H3. The van der Waals surface area contributed by atoms with Gasteiger partial charge in [0.05, 0.1) is 6.10 Å². The van der Waals surface area contributed by atoms with Gasteiger partial charge in [0.1, 0.15) is 0 Å². The average Bonchev–Trinajstić information content (AvgIpc) is 2.15. The van der Waals surface area contributed by atoms with E-state index in [1.807, 2.05) is 13.8 Å². The van der Waals surface area contributed by atoms with Gasteiger partial charge in [-0.25, -0.2) is 0 Å². The van der Waals surface area contributed by atoms with Crippen LogP contribution >= 0.6 is 0 Å². The van der Waals surface area contributed by atoms with Crippen LogP contribution in [-0.2, 0) is 4.74 Å². The van der Waals surface area contributed by atoms with E-state index in [-0.39, 0.29) is 12.1 Å². The molecule has 0 aliphatic carbocycles. The molecule has 2 unspecified atom stereocenters. The first-order valence-electron chi connectivity index (χ1n) is 5.09. The van der Waals surface area contributed by atoms with Gasteiger partial charge < -0.3 is 10.5 Å². The van der Waals surface area contributed by atoms with Crippen molar-refractivity contribution < 1.29 is 4.74 Å². The number of nitrogens with two attached hydrogens (primary N) is 1. The molecule has 0 radical (unpaired) electrons. The number of benzene rings is 1. The van der Waals surface area contributed by atoms with Gasteiger partial charge in [0.2, 0.25) is 0 Å². The second kappa shape index (κ2) is 5.13. The number of hydrogen-bond acceptors (Lipinski definition) is 2. The minimum absolute atomic E-state index is 0.0144. The molecule has 0 spiro atoms. The first-order chi connectivity index (χ1) is 6.65. The lowest BCUT2D eigenvalue weighted by Gasteiger charge is -2.21. The van der Waals surface area contributed by atoms with Crippen molar-refractivity contribution in [3.8, 4) is 0 Å². The highest BCUT2D eigenvalue weighted by atomic mass is 16.5. The summed E-state index contributed by atoms with van der Waals surface area (Å²) in [6.07, 6.45) is 0.0144. The van der Waals surface area contributed by atoms with E-state index in [4.69, 9.17) is 10.5 Å². The molecule has 78 valence electrons. The van der Waals surface area contributed by atoms with Gasteiger partial charge in [0.25, 0.3) is 0 Å². The molecule has 2 nitrogen and oxygen atoms in total. The van der Waals surface area contributed by atoms with Crippen molar-refractivity contribution >= 4 is 0 Å². The molecule has 2 atom stereocenters. The molecular weight excluding hydrogens is 174 g/mol. The predicted octanol–water partition coefficient (Wildman–Crippen LogP) is 2.42. The molecule has 0 aliphatic heterocycles. The fraction of sp³-hybridized carbons (Fsp3) is 0.500. The largest absolute Gasteiger partial charge is 0.372 e. The number of aryl methyl sites for hydroxylation is 1. The molecule has 0 aromatic heterocycles. The van der Waals surface area contributed by atoms with Gasteiger partial charge in [-0.05, 0) is 26.3 Å². The number of rotatable bonds is 4. The van der Waals surface area contributed by atoms with Crippen molar-refractivity contribution in [1.82, 2.24) is 0 Å². The minimum atomic E-state index is 0.0144. The summed E-state index contributed by atoms with van der Waals surface area (Å²) in [5.74, 6) is 0. The molecule has 0 aliphatic rings. The zero-order chi connectivity index (χ0) is 10.6. The van der Waals surface area contributed by atoms with Gasteiger partial charge in [-0.1, -0.05) is 29.8 Å². The van der Waals surface area contributed by atoms with Crippen LogP contribution in [0.25, 0.3) is 0 Å². The van der Waals surface area contributed by atoms with E-state index < -0.39 is 0 Å². The monoisotopic (exact) mass is 193 g/mol. The van der Waals surface area contributed by atoms with E-state index >= 15 is 0 Å². The molecule has 0 saturated heterocycles. The van der Waals surface area contributed by atoms with Gasteiger partial charge in [0.15, 0.2) is 0 Å². The summed E-state index contributed by atoms with van der Waals surface area (Å²) in [5, 5.41) is 0. The van der Waals surface area contributed by atoms with E-state index in [2.05, 4.69) is 31.2 Å². The predicted molar refractivity (Wildman–Crippen MR) is 59.2 cm³/mol. The molecule has 1 rings (SSSR count). The lowest BCUT2D eigenvalue weighted by molar-refractivity contribution is 0.0475. The number of ether oxygens (including phenoxy) is 1. The maximum atomic E-state index is 5.87. The Morgan fingerprint density at radius 3 is 2.29 bits per heavy atom. The van der Waals surface area contributed by atoms with Crippen molar-refractivity contribution in [2.24, 2.45) is 5.73 Å². The van der Waals surface area contributed by atoms with Crippen LogP contribution in [0.4, 0.5) is 0 Å². The normalized spacial score (nSPS) is 15.1. The van der Waals surface area contributed by atoms with Crippen LogP contribution in [0.5, 0.6) is 0 Å². The summed E-state index contributed by atoms with van der Waals surface area (Å²) in [4.78, 5) is 0. The van der Waals surface area contributed by atoms with Gasteiger partial charge in [-0.2, -0.15) is 0 Å². The highest BCUT2D eigenvalue weighted by Crippen LogP contribution is 2.20. The highest BCUT2D eigenvalue weighted by molar-refractivity contribution is 5.24. The summed E-state index contributed by atoms with van der Waals surface area (Å²) >= 11 is 0. The Kier molecular flexibility index (Phi) is 4.11. The Bertz CT molecular complexity index is 266. The fourth-order valence-corrected chi connectivity index (χ4v) is 1.49. The SMILES string of the molecule is CCOC(c1ccc(C)cc1)C(C)N. The summed E-state index contributed by atoms with van der Waals surface area (Å²) in [6, 6.07) is 8.36. The van der Waals surface area contributed by atoms with Crippen LogP contribution in [-0.4, -0.2) is 12.6 Å². The molecular formula is C12H19NO. The quantitative estimate of drug-likeness (QED) is 0.797. The van der Waals surface area contributed by atoms with Crippen molar-refractivity contribution in [2.45, 2.75) is 32.9 Å². The highest BCUT2D eigenvalue weighted by Gasteiger charge is 2.15. The van der Waals surface area contributed by atoms with Crippen LogP contribution in [0.15, 0.2) is 24.3 Å². The van der Waals surface area contributed by atoms with Crippen molar-refractivity contribution in [2.75, 3.05) is 6.61 Å². The maximum absolute atomic E-state index is 5.87. The summed E-state index contributed by atoms with van der Waals surface area (Å²) < 4.78 is 5.60. The zero-order valence-corrected chi connectivity index (χ0v) is 9.16. The van der Waals surface area contributed by atoms with Crippen LogP contribution < -0.4 is 5.73 Å². The maximum Gasteiger partial charge on any atom is 0.0972 e. The topological polar surface area (TPSA) is 35.2 Å². The fourth-order valence-electron chi connectivity index (χ4n) is 1.49. The second-order valence-electron chi connectivity index (χ2n) is 3.65. The zero-order valence-electron chi connectivity index (χ0n) is 9.16. The Labute approximate surface area is 86.1 Å². The molecule has 0 fully saturated rings.